The van der Waals surface area contributed by atoms with Crippen LogP contribution in [-0.2, 0) is 14.9 Å². The molecular formula is C20H22N2O2. The van der Waals surface area contributed by atoms with Gasteiger partial charge in [-0.05, 0) is 31.0 Å². The average Bonchev–Trinajstić information content (AvgIpc) is 3.08. The van der Waals surface area contributed by atoms with E-state index in [1.54, 1.807) is 0 Å². The Morgan fingerprint density at radius 3 is 3.08 bits per heavy atom. The molecule has 5 bridgehead atoms. The number of nitrogens with zero attached hydrogens (tertiary/aromatic N) is 1. The molecule has 7 atom stereocenters. The van der Waals surface area contributed by atoms with Crippen LogP contribution in [-0.4, -0.2) is 43.2 Å². The number of hydrogen-bond donors (Lipinski definition) is 1. The van der Waals surface area contributed by atoms with E-state index in [-0.39, 0.29) is 23.3 Å². The minimum Gasteiger partial charge on any atom is -0.376 e. The number of carbonyl (C=O) groups is 1. The third-order valence-corrected chi connectivity index (χ3v) is 7.93. The molecule has 1 aromatic rings. The summed E-state index contributed by atoms with van der Waals surface area (Å²) in [5.41, 5.74) is 1.61. The number of anilines is 1. The molecular weight excluding hydrogens is 300 g/mol. The highest BCUT2D eigenvalue weighted by Crippen LogP contribution is 2.73. The van der Waals surface area contributed by atoms with Crippen molar-refractivity contribution in [1.82, 2.24) is 4.90 Å². The topological polar surface area (TPSA) is 41.6 Å². The zero-order chi connectivity index (χ0) is 16.3. The molecule has 1 amide bonds. The maximum absolute atomic E-state index is 13.4. The standard InChI is InChI=1S/C20H22N2O2/c1-3-19-10-22(2)16-11-9-24-15(8-13(11)19)20(17(16)19)12-6-4-5-7-14(12)21-18(20)23/h3-7,11,13,15-17H,1,8-10H2,2H3,(H,21,23)/t11?,13?,15?,16?,17-,19-,20-/m0/s1. The number of hydrogen-bond acceptors (Lipinski definition) is 3. The predicted octanol–water partition coefficient (Wildman–Crippen LogP) is 2.03. The first-order valence-corrected chi connectivity index (χ1v) is 9.01. The minimum atomic E-state index is -0.554. The molecule has 3 heterocycles. The first-order chi connectivity index (χ1) is 11.6. The fraction of sp³-hybridized carbons (Fsp3) is 0.550. The summed E-state index contributed by atoms with van der Waals surface area (Å²) in [6.45, 7) is 6.06. The second-order valence-corrected chi connectivity index (χ2v) is 8.40. The smallest absolute Gasteiger partial charge is 0.238 e. The summed E-state index contributed by atoms with van der Waals surface area (Å²) in [7, 11) is 2.21. The number of carbonyl (C=O) groups excluding carboxylic acids is 1. The lowest BCUT2D eigenvalue weighted by Crippen LogP contribution is -2.62. The second kappa shape index (κ2) is 3.94. The van der Waals surface area contributed by atoms with Crippen LogP contribution < -0.4 is 5.32 Å². The molecule has 24 heavy (non-hydrogen) atoms. The van der Waals surface area contributed by atoms with Gasteiger partial charge in [-0.1, -0.05) is 24.3 Å². The van der Waals surface area contributed by atoms with Gasteiger partial charge in [0.1, 0.15) is 5.41 Å². The highest BCUT2D eigenvalue weighted by molar-refractivity contribution is 6.07. The zero-order valence-corrected chi connectivity index (χ0v) is 13.9. The number of benzene rings is 1. The van der Waals surface area contributed by atoms with Gasteiger partial charge in [-0.2, -0.15) is 0 Å². The van der Waals surface area contributed by atoms with Crippen LogP contribution in [0, 0.1) is 23.2 Å². The lowest BCUT2D eigenvalue weighted by Gasteiger charge is -2.54. The zero-order valence-electron chi connectivity index (χ0n) is 13.9. The van der Waals surface area contributed by atoms with E-state index in [2.05, 4.69) is 42.1 Å². The average molecular weight is 322 g/mol. The molecule has 2 saturated carbocycles. The molecule has 0 aromatic heterocycles. The molecule has 1 aromatic carbocycles. The van der Waals surface area contributed by atoms with Crippen molar-refractivity contribution in [3.63, 3.8) is 0 Å². The van der Waals surface area contributed by atoms with E-state index in [4.69, 9.17) is 4.74 Å². The highest BCUT2D eigenvalue weighted by atomic mass is 16.5. The van der Waals surface area contributed by atoms with E-state index in [1.807, 2.05) is 12.1 Å². The highest BCUT2D eigenvalue weighted by Gasteiger charge is 2.79. The summed E-state index contributed by atoms with van der Waals surface area (Å²) in [4.78, 5) is 15.9. The Balaban J connectivity index is 1.69. The van der Waals surface area contributed by atoms with E-state index < -0.39 is 5.41 Å². The van der Waals surface area contributed by atoms with Gasteiger partial charge in [-0.15, -0.1) is 6.58 Å². The Labute approximate surface area is 141 Å². The van der Waals surface area contributed by atoms with Crippen LogP contribution in [0.15, 0.2) is 36.9 Å². The third kappa shape index (κ3) is 1.12. The van der Waals surface area contributed by atoms with E-state index >= 15 is 0 Å². The summed E-state index contributed by atoms with van der Waals surface area (Å²) < 4.78 is 6.34. The molecule has 6 rings (SSSR count). The van der Waals surface area contributed by atoms with E-state index in [0.29, 0.717) is 17.9 Å². The number of nitrogens with one attached hydrogen (secondary N) is 1. The van der Waals surface area contributed by atoms with Crippen molar-refractivity contribution in [1.29, 1.82) is 0 Å². The first-order valence-electron chi connectivity index (χ1n) is 9.01. The van der Waals surface area contributed by atoms with Gasteiger partial charge in [-0.3, -0.25) is 4.79 Å². The molecule has 1 spiro atoms. The van der Waals surface area contributed by atoms with Crippen LogP contribution in [0.4, 0.5) is 5.69 Å². The Bertz CT molecular complexity index is 792. The monoisotopic (exact) mass is 322 g/mol. The van der Waals surface area contributed by atoms with Gasteiger partial charge in [0.2, 0.25) is 5.91 Å². The normalized spacial score (nSPS) is 50.4. The number of piperidine rings is 1. The van der Waals surface area contributed by atoms with Gasteiger partial charge in [-0.25, -0.2) is 0 Å². The van der Waals surface area contributed by atoms with Crippen molar-refractivity contribution in [2.75, 3.05) is 25.5 Å². The van der Waals surface area contributed by atoms with Gasteiger partial charge in [0.15, 0.2) is 0 Å². The van der Waals surface area contributed by atoms with Crippen molar-refractivity contribution < 1.29 is 9.53 Å². The van der Waals surface area contributed by atoms with Gasteiger partial charge >= 0.3 is 0 Å². The molecule has 2 saturated heterocycles. The van der Waals surface area contributed by atoms with Gasteiger partial charge in [0.05, 0.1) is 12.7 Å². The molecule has 1 N–H and O–H groups in total. The predicted molar refractivity (Wildman–Crippen MR) is 90.6 cm³/mol. The van der Waals surface area contributed by atoms with Crippen LogP contribution in [0.5, 0.6) is 0 Å². The van der Waals surface area contributed by atoms with Crippen LogP contribution in [0.2, 0.25) is 0 Å². The van der Waals surface area contributed by atoms with Crippen molar-refractivity contribution >= 4 is 11.6 Å². The van der Waals surface area contributed by atoms with E-state index in [1.165, 1.54) is 0 Å². The summed E-state index contributed by atoms with van der Waals surface area (Å²) in [5.74, 6) is 1.56. The molecule has 4 nitrogen and oxygen atoms in total. The second-order valence-electron chi connectivity index (χ2n) is 8.40. The lowest BCUT2D eigenvalue weighted by atomic mass is 9.51. The lowest BCUT2D eigenvalue weighted by molar-refractivity contribution is -0.153. The molecule has 4 fully saturated rings. The van der Waals surface area contributed by atoms with Crippen LogP contribution in [0.3, 0.4) is 0 Å². The largest absolute Gasteiger partial charge is 0.376 e. The van der Waals surface area contributed by atoms with Crippen LogP contribution in [0.25, 0.3) is 0 Å². The molecule has 5 aliphatic rings. The molecule has 124 valence electrons. The summed E-state index contributed by atoms with van der Waals surface area (Å²) >= 11 is 0. The van der Waals surface area contributed by atoms with E-state index in [0.717, 1.165) is 30.8 Å². The Morgan fingerprint density at radius 2 is 2.25 bits per heavy atom. The third-order valence-electron chi connectivity index (χ3n) is 7.93. The first kappa shape index (κ1) is 13.6. The quantitative estimate of drug-likeness (QED) is 0.805. The molecule has 4 heteroatoms. The fourth-order valence-electron chi connectivity index (χ4n) is 7.38. The number of likely N-dealkylation sites (tertiary alicyclic amines) is 1. The van der Waals surface area contributed by atoms with Crippen molar-refractivity contribution in [3.05, 3.63) is 42.5 Å². The van der Waals surface area contributed by atoms with Crippen molar-refractivity contribution in [2.24, 2.45) is 23.2 Å². The maximum Gasteiger partial charge on any atom is 0.238 e. The Kier molecular flexibility index (Phi) is 2.24. The molecule has 2 aliphatic carbocycles. The Hall–Kier alpha value is -1.65. The van der Waals surface area contributed by atoms with E-state index in [9.17, 15) is 4.79 Å². The fourth-order valence-corrected chi connectivity index (χ4v) is 7.38. The summed E-state index contributed by atoms with van der Waals surface area (Å²) in [6.07, 6.45) is 3.17. The van der Waals surface area contributed by atoms with Gasteiger partial charge < -0.3 is 15.0 Å². The number of para-hydroxylation sites is 1. The Morgan fingerprint density at radius 1 is 1.42 bits per heavy atom. The van der Waals surface area contributed by atoms with Crippen LogP contribution in [0.1, 0.15) is 12.0 Å². The van der Waals surface area contributed by atoms with Crippen molar-refractivity contribution in [3.8, 4) is 0 Å². The summed E-state index contributed by atoms with van der Waals surface area (Å²) in [6, 6.07) is 8.64. The number of ether oxygens (including phenoxy) is 1. The van der Waals surface area contributed by atoms with Gasteiger partial charge in [0.25, 0.3) is 0 Å². The SMILES string of the molecule is C=C[C@]12CN(C)C3C4COC(CC41)[C@]1(C(=O)Nc4ccccc41)[C@@H]32. The minimum absolute atomic E-state index is 0.00280. The van der Waals surface area contributed by atoms with Crippen molar-refractivity contribution in [2.45, 2.75) is 24.0 Å². The number of amides is 1. The molecule has 0 radical (unpaired) electrons. The number of rotatable bonds is 1. The van der Waals surface area contributed by atoms with Crippen LogP contribution >= 0.6 is 0 Å². The molecule has 3 aliphatic heterocycles. The maximum atomic E-state index is 13.4. The van der Waals surface area contributed by atoms with Gasteiger partial charge in [0, 0.05) is 35.5 Å². The molecule has 4 unspecified atom stereocenters. The number of fused-ring (bicyclic) bond motifs is 5. The summed E-state index contributed by atoms with van der Waals surface area (Å²) in [5, 5.41) is 3.18.